The van der Waals surface area contributed by atoms with Gasteiger partial charge in [0, 0.05) is 23.1 Å². The highest BCUT2D eigenvalue weighted by atomic mass is 32.2. The van der Waals surface area contributed by atoms with E-state index < -0.39 is 0 Å². The molecule has 0 spiro atoms. The molecule has 1 aliphatic rings. The quantitative estimate of drug-likeness (QED) is 0.775. The molecule has 0 bridgehead atoms. The molecule has 1 unspecified atom stereocenters. The van der Waals surface area contributed by atoms with Gasteiger partial charge in [-0.25, -0.2) is 0 Å². The van der Waals surface area contributed by atoms with Gasteiger partial charge in [0.2, 0.25) is 0 Å². The predicted molar refractivity (Wildman–Crippen MR) is 59.4 cm³/mol. The molecule has 3 nitrogen and oxygen atoms in total. The summed E-state index contributed by atoms with van der Waals surface area (Å²) in [5, 5.41) is 0.481. The maximum Gasteiger partial charge on any atom is 0.252 e. The van der Waals surface area contributed by atoms with E-state index in [0.717, 1.165) is 5.69 Å². The number of thioether (sulfide) groups is 1. The SMILES string of the molecule is NCc1ccc(C2CCCS2)[nH]c1=O. The number of hydrogen-bond donors (Lipinski definition) is 2. The number of hydrogen-bond acceptors (Lipinski definition) is 3. The first-order valence-electron chi connectivity index (χ1n) is 4.85. The van der Waals surface area contributed by atoms with Gasteiger partial charge in [-0.15, -0.1) is 0 Å². The summed E-state index contributed by atoms with van der Waals surface area (Å²) < 4.78 is 0. The molecular formula is C10H14N2OS. The van der Waals surface area contributed by atoms with Gasteiger partial charge in [0.25, 0.3) is 5.56 Å². The zero-order chi connectivity index (χ0) is 9.97. The van der Waals surface area contributed by atoms with E-state index in [-0.39, 0.29) is 5.56 Å². The first-order valence-corrected chi connectivity index (χ1v) is 5.90. The fourth-order valence-electron chi connectivity index (χ4n) is 1.69. The topological polar surface area (TPSA) is 58.9 Å². The van der Waals surface area contributed by atoms with Crippen molar-refractivity contribution in [1.29, 1.82) is 0 Å². The van der Waals surface area contributed by atoms with Gasteiger partial charge in [-0.3, -0.25) is 4.79 Å². The second-order valence-electron chi connectivity index (χ2n) is 3.47. The summed E-state index contributed by atoms with van der Waals surface area (Å²) in [5.74, 6) is 1.20. The lowest BCUT2D eigenvalue weighted by Gasteiger charge is -2.08. The molecule has 1 fully saturated rings. The molecule has 0 aromatic carbocycles. The minimum Gasteiger partial charge on any atom is -0.326 e. The highest BCUT2D eigenvalue weighted by Gasteiger charge is 2.18. The predicted octanol–water partition coefficient (Wildman–Crippen LogP) is 1.40. The second-order valence-corrected chi connectivity index (χ2v) is 4.78. The van der Waals surface area contributed by atoms with Gasteiger partial charge in [-0.05, 0) is 24.7 Å². The normalized spacial score (nSPS) is 21.4. The van der Waals surface area contributed by atoms with Crippen molar-refractivity contribution in [2.24, 2.45) is 5.73 Å². The molecule has 0 amide bonds. The van der Waals surface area contributed by atoms with Gasteiger partial charge in [-0.2, -0.15) is 11.8 Å². The first kappa shape index (κ1) is 9.80. The Bertz CT molecular complexity index is 369. The van der Waals surface area contributed by atoms with E-state index in [4.69, 9.17) is 5.73 Å². The molecule has 1 saturated heterocycles. The molecule has 0 radical (unpaired) electrons. The third-order valence-corrected chi connectivity index (χ3v) is 3.93. The Balaban J connectivity index is 2.27. The van der Waals surface area contributed by atoms with Crippen LogP contribution in [0.25, 0.3) is 0 Å². The Morgan fingerprint density at radius 1 is 1.57 bits per heavy atom. The van der Waals surface area contributed by atoms with E-state index in [1.807, 2.05) is 23.9 Å². The number of rotatable bonds is 2. The van der Waals surface area contributed by atoms with Crippen LogP contribution < -0.4 is 11.3 Å². The lowest BCUT2D eigenvalue weighted by molar-refractivity contribution is 0.799. The van der Waals surface area contributed by atoms with Crippen molar-refractivity contribution in [2.45, 2.75) is 24.6 Å². The molecule has 0 saturated carbocycles. The van der Waals surface area contributed by atoms with Crippen molar-refractivity contribution in [2.75, 3.05) is 5.75 Å². The summed E-state index contributed by atoms with van der Waals surface area (Å²) in [5.41, 5.74) is 7.11. The fraction of sp³-hybridized carbons (Fsp3) is 0.500. The van der Waals surface area contributed by atoms with E-state index >= 15 is 0 Å². The van der Waals surface area contributed by atoms with Crippen molar-refractivity contribution in [3.8, 4) is 0 Å². The number of aromatic amines is 1. The van der Waals surface area contributed by atoms with Crippen LogP contribution in [-0.2, 0) is 6.54 Å². The van der Waals surface area contributed by atoms with Crippen molar-refractivity contribution < 1.29 is 0 Å². The van der Waals surface area contributed by atoms with Crippen LogP contribution >= 0.6 is 11.8 Å². The molecule has 1 aromatic rings. The molecule has 14 heavy (non-hydrogen) atoms. The molecule has 2 rings (SSSR count). The number of pyridine rings is 1. The average Bonchev–Trinajstić information content (AvgIpc) is 2.70. The standard InChI is InChI=1S/C10H14N2OS/c11-6-7-3-4-8(12-10(7)13)9-2-1-5-14-9/h3-4,9H,1-2,5-6,11H2,(H,12,13). The molecule has 4 heteroatoms. The molecular weight excluding hydrogens is 196 g/mol. The molecule has 1 atom stereocenters. The summed E-state index contributed by atoms with van der Waals surface area (Å²) in [6.07, 6.45) is 2.42. The van der Waals surface area contributed by atoms with Crippen molar-refractivity contribution in [3.05, 3.63) is 33.7 Å². The van der Waals surface area contributed by atoms with Gasteiger partial charge in [0.15, 0.2) is 0 Å². The molecule has 1 aromatic heterocycles. The minimum absolute atomic E-state index is 0.0301. The third-order valence-electron chi connectivity index (χ3n) is 2.51. The van der Waals surface area contributed by atoms with Gasteiger partial charge in [-0.1, -0.05) is 6.07 Å². The van der Waals surface area contributed by atoms with Crippen LogP contribution in [0.5, 0.6) is 0 Å². The molecule has 76 valence electrons. The summed E-state index contributed by atoms with van der Waals surface area (Å²) in [6, 6.07) is 3.83. The third kappa shape index (κ3) is 1.86. The molecule has 3 N–H and O–H groups in total. The molecule has 0 aliphatic carbocycles. The van der Waals surface area contributed by atoms with E-state index in [2.05, 4.69) is 4.98 Å². The van der Waals surface area contributed by atoms with Gasteiger partial charge in [0.1, 0.15) is 0 Å². The van der Waals surface area contributed by atoms with Crippen molar-refractivity contribution >= 4 is 11.8 Å². The lowest BCUT2D eigenvalue weighted by Crippen LogP contribution is -2.17. The van der Waals surface area contributed by atoms with E-state index in [1.165, 1.54) is 18.6 Å². The second kappa shape index (κ2) is 4.19. The zero-order valence-corrected chi connectivity index (χ0v) is 8.77. The van der Waals surface area contributed by atoms with Crippen LogP contribution in [0, 0.1) is 0 Å². The Labute approximate surface area is 87.1 Å². The summed E-state index contributed by atoms with van der Waals surface area (Å²) >= 11 is 1.92. The number of H-pyrrole nitrogens is 1. The Morgan fingerprint density at radius 2 is 2.43 bits per heavy atom. The van der Waals surface area contributed by atoms with Crippen LogP contribution in [0.1, 0.15) is 29.3 Å². The Morgan fingerprint density at radius 3 is 3.00 bits per heavy atom. The number of nitrogens with two attached hydrogens (primary N) is 1. The molecule has 1 aliphatic heterocycles. The zero-order valence-electron chi connectivity index (χ0n) is 7.95. The summed E-state index contributed by atoms with van der Waals surface area (Å²) in [7, 11) is 0. The number of aromatic nitrogens is 1. The fourth-order valence-corrected chi connectivity index (χ4v) is 2.96. The van der Waals surface area contributed by atoms with Crippen LogP contribution in [-0.4, -0.2) is 10.7 Å². The van der Waals surface area contributed by atoms with Crippen LogP contribution in [0.15, 0.2) is 16.9 Å². The maximum atomic E-state index is 11.5. The highest BCUT2D eigenvalue weighted by Crippen LogP contribution is 2.38. The van der Waals surface area contributed by atoms with Gasteiger partial charge in [0.05, 0.1) is 0 Å². The highest BCUT2D eigenvalue weighted by molar-refractivity contribution is 7.99. The smallest absolute Gasteiger partial charge is 0.252 e. The van der Waals surface area contributed by atoms with E-state index in [1.54, 1.807) is 0 Å². The van der Waals surface area contributed by atoms with Crippen LogP contribution in [0.2, 0.25) is 0 Å². The Hall–Kier alpha value is -0.740. The van der Waals surface area contributed by atoms with Gasteiger partial charge < -0.3 is 10.7 Å². The van der Waals surface area contributed by atoms with Crippen molar-refractivity contribution in [3.63, 3.8) is 0 Å². The largest absolute Gasteiger partial charge is 0.326 e. The van der Waals surface area contributed by atoms with Gasteiger partial charge >= 0.3 is 0 Å². The van der Waals surface area contributed by atoms with Crippen LogP contribution in [0.4, 0.5) is 0 Å². The first-order chi connectivity index (χ1) is 6.81. The lowest BCUT2D eigenvalue weighted by atomic mass is 10.1. The maximum absolute atomic E-state index is 11.5. The Kier molecular flexibility index (Phi) is 2.93. The van der Waals surface area contributed by atoms with E-state index in [9.17, 15) is 4.79 Å². The van der Waals surface area contributed by atoms with Crippen molar-refractivity contribution in [1.82, 2.24) is 4.98 Å². The van der Waals surface area contributed by atoms with E-state index in [0.29, 0.717) is 17.4 Å². The number of nitrogens with one attached hydrogen (secondary N) is 1. The summed E-state index contributed by atoms with van der Waals surface area (Å²) in [4.78, 5) is 14.4. The monoisotopic (exact) mass is 210 g/mol. The van der Waals surface area contributed by atoms with Crippen LogP contribution in [0.3, 0.4) is 0 Å². The average molecular weight is 210 g/mol. The molecule has 2 heterocycles. The minimum atomic E-state index is -0.0301. The summed E-state index contributed by atoms with van der Waals surface area (Å²) in [6.45, 7) is 0.313.